The van der Waals surface area contributed by atoms with Gasteiger partial charge in [-0.3, -0.25) is 9.78 Å². The third-order valence-corrected chi connectivity index (χ3v) is 3.59. The van der Waals surface area contributed by atoms with E-state index in [-0.39, 0.29) is 5.76 Å². The first-order valence-corrected chi connectivity index (χ1v) is 7.03. The van der Waals surface area contributed by atoms with Crippen molar-refractivity contribution in [2.24, 2.45) is 0 Å². The Kier molecular flexibility index (Phi) is 2.84. The van der Waals surface area contributed by atoms with Crippen LogP contribution in [-0.4, -0.2) is 10.9 Å². The van der Waals surface area contributed by atoms with E-state index < -0.39 is 11.7 Å². The van der Waals surface area contributed by atoms with Crippen LogP contribution in [0, 0.1) is 6.92 Å². The third-order valence-electron chi connectivity index (χ3n) is 3.59. The Morgan fingerprint density at radius 3 is 2.87 bits per heavy atom. The molecule has 0 aliphatic rings. The number of rotatable bonds is 2. The fourth-order valence-electron chi connectivity index (χ4n) is 2.51. The number of anilines is 1. The van der Waals surface area contributed by atoms with Crippen LogP contribution in [0.1, 0.15) is 16.1 Å². The molecule has 6 nitrogen and oxygen atoms in total. The second-order valence-corrected chi connectivity index (χ2v) is 5.30. The molecule has 0 radical (unpaired) electrons. The molecule has 4 aromatic rings. The van der Waals surface area contributed by atoms with Crippen LogP contribution in [0.5, 0.6) is 0 Å². The summed E-state index contributed by atoms with van der Waals surface area (Å²) in [7, 11) is 0. The molecule has 2 heterocycles. The van der Waals surface area contributed by atoms with E-state index in [0.717, 1.165) is 10.9 Å². The number of benzene rings is 2. The minimum atomic E-state index is -0.569. The summed E-state index contributed by atoms with van der Waals surface area (Å²) in [6.45, 7) is 1.95. The zero-order valence-electron chi connectivity index (χ0n) is 12.2. The van der Waals surface area contributed by atoms with Crippen molar-refractivity contribution < 1.29 is 13.6 Å². The molecule has 1 amide bonds. The van der Waals surface area contributed by atoms with Gasteiger partial charge >= 0.3 is 5.76 Å². The van der Waals surface area contributed by atoms with Gasteiger partial charge in [-0.05, 0) is 36.8 Å². The summed E-state index contributed by atoms with van der Waals surface area (Å²) in [6.07, 6.45) is 0. The zero-order chi connectivity index (χ0) is 16.0. The van der Waals surface area contributed by atoms with Gasteiger partial charge in [0.15, 0.2) is 11.3 Å². The van der Waals surface area contributed by atoms with Gasteiger partial charge in [0, 0.05) is 5.39 Å². The highest BCUT2D eigenvalue weighted by Gasteiger charge is 2.15. The van der Waals surface area contributed by atoms with Crippen molar-refractivity contribution in [1.29, 1.82) is 0 Å². The Labute approximate surface area is 129 Å². The summed E-state index contributed by atoms with van der Waals surface area (Å²) in [5.74, 6) is -0.781. The van der Waals surface area contributed by atoms with E-state index in [2.05, 4.69) is 10.3 Å². The average Bonchev–Trinajstić information content (AvgIpc) is 3.09. The number of amides is 1. The molecule has 23 heavy (non-hydrogen) atoms. The number of carbonyl (C=O) groups excluding carboxylic acids is 1. The number of hydrogen-bond donors (Lipinski definition) is 2. The molecule has 114 valence electrons. The Morgan fingerprint density at radius 2 is 2.00 bits per heavy atom. The quantitative estimate of drug-likeness (QED) is 0.594. The van der Waals surface area contributed by atoms with Crippen molar-refractivity contribution in [3.63, 3.8) is 0 Å². The lowest BCUT2D eigenvalue weighted by atomic mass is 10.2. The van der Waals surface area contributed by atoms with Gasteiger partial charge in [-0.2, -0.15) is 0 Å². The molecular weight excluding hydrogens is 296 g/mol. The predicted molar refractivity (Wildman–Crippen MR) is 85.7 cm³/mol. The average molecular weight is 308 g/mol. The van der Waals surface area contributed by atoms with Crippen molar-refractivity contribution >= 4 is 33.7 Å². The van der Waals surface area contributed by atoms with E-state index in [0.29, 0.717) is 22.4 Å². The molecule has 4 rings (SSSR count). The van der Waals surface area contributed by atoms with Crippen LogP contribution in [0.4, 0.5) is 5.69 Å². The third kappa shape index (κ3) is 2.30. The number of para-hydroxylation sites is 1. The Bertz CT molecular complexity index is 1100. The van der Waals surface area contributed by atoms with Crippen LogP contribution in [0.3, 0.4) is 0 Å². The summed E-state index contributed by atoms with van der Waals surface area (Å²) in [5, 5.41) is 3.56. The number of H-pyrrole nitrogens is 1. The van der Waals surface area contributed by atoms with Crippen molar-refractivity contribution in [2.45, 2.75) is 6.92 Å². The van der Waals surface area contributed by atoms with Gasteiger partial charge in [0.25, 0.3) is 5.91 Å². The topological polar surface area (TPSA) is 88.2 Å². The standard InChI is InChI=1S/C17H12N2O4/c1-9-5-6-10-8-14(22-13(10)7-9)16(20)18-11-3-2-4-12-15(11)23-17(21)19-12/h2-8H,1H3,(H,18,20)(H,19,21). The molecule has 0 spiro atoms. The first-order chi connectivity index (χ1) is 11.1. The summed E-state index contributed by atoms with van der Waals surface area (Å²) >= 11 is 0. The maximum atomic E-state index is 12.4. The minimum Gasteiger partial charge on any atom is -0.451 e. The Morgan fingerprint density at radius 1 is 1.13 bits per heavy atom. The smallest absolute Gasteiger partial charge is 0.417 e. The van der Waals surface area contributed by atoms with E-state index in [1.54, 1.807) is 24.3 Å². The fourth-order valence-corrected chi connectivity index (χ4v) is 2.51. The summed E-state index contributed by atoms with van der Waals surface area (Å²) in [6, 6.07) is 12.5. The van der Waals surface area contributed by atoms with Gasteiger partial charge in [0.1, 0.15) is 5.58 Å². The summed E-state index contributed by atoms with van der Waals surface area (Å²) in [5.41, 5.74) is 2.94. The highest BCUT2D eigenvalue weighted by Crippen LogP contribution is 2.24. The number of aryl methyl sites for hydroxylation is 1. The maximum Gasteiger partial charge on any atom is 0.417 e. The Hall–Kier alpha value is -3.28. The van der Waals surface area contributed by atoms with E-state index >= 15 is 0 Å². The number of fused-ring (bicyclic) bond motifs is 2. The second kappa shape index (κ2) is 4.88. The SMILES string of the molecule is Cc1ccc2cc(C(=O)Nc3cccc4[nH]c(=O)oc34)oc2c1. The summed E-state index contributed by atoms with van der Waals surface area (Å²) < 4.78 is 10.6. The van der Waals surface area contributed by atoms with Crippen LogP contribution in [0.15, 0.2) is 56.1 Å². The van der Waals surface area contributed by atoms with Gasteiger partial charge in [0.2, 0.25) is 0 Å². The first kappa shape index (κ1) is 13.4. The van der Waals surface area contributed by atoms with E-state index in [1.165, 1.54) is 0 Å². The first-order valence-electron chi connectivity index (χ1n) is 7.03. The van der Waals surface area contributed by atoms with Crippen LogP contribution in [0.2, 0.25) is 0 Å². The monoisotopic (exact) mass is 308 g/mol. The molecule has 0 atom stereocenters. The molecular formula is C17H12N2O4. The lowest BCUT2D eigenvalue weighted by Crippen LogP contribution is -2.10. The van der Waals surface area contributed by atoms with Crippen LogP contribution in [-0.2, 0) is 0 Å². The number of carbonyl (C=O) groups is 1. The van der Waals surface area contributed by atoms with Gasteiger partial charge in [-0.25, -0.2) is 4.79 Å². The zero-order valence-corrected chi connectivity index (χ0v) is 12.2. The van der Waals surface area contributed by atoms with Gasteiger partial charge < -0.3 is 14.2 Å². The minimum absolute atomic E-state index is 0.195. The highest BCUT2D eigenvalue weighted by atomic mass is 16.4. The number of furan rings is 1. The molecule has 6 heteroatoms. The molecule has 2 aromatic carbocycles. The van der Waals surface area contributed by atoms with E-state index in [1.807, 2.05) is 25.1 Å². The maximum absolute atomic E-state index is 12.4. The summed E-state index contributed by atoms with van der Waals surface area (Å²) in [4.78, 5) is 26.2. The predicted octanol–water partition coefficient (Wildman–Crippen LogP) is 3.43. The molecule has 0 bridgehead atoms. The Balaban J connectivity index is 1.71. The number of aromatic amines is 1. The lowest BCUT2D eigenvalue weighted by molar-refractivity contribution is 0.0998. The number of aromatic nitrogens is 1. The number of oxazole rings is 1. The van der Waals surface area contributed by atoms with Crippen molar-refractivity contribution in [3.8, 4) is 0 Å². The molecule has 0 saturated heterocycles. The van der Waals surface area contributed by atoms with E-state index in [4.69, 9.17) is 8.83 Å². The van der Waals surface area contributed by atoms with Crippen LogP contribution >= 0.6 is 0 Å². The van der Waals surface area contributed by atoms with Gasteiger partial charge in [-0.1, -0.05) is 18.2 Å². The van der Waals surface area contributed by atoms with Crippen molar-refractivity contribution in [3.05, 3.63) is 64.3 Å². The van der Waals surface area contributed by atoms with Crippen molar-refractivity contribution in [1.82, 2.24) is 4.98 Å². The number of hydrogen-bond acceptors (Lipinski definition) is 4. The number of nitrogens with one attached hydrogen (secondary N) is 2. The van der Waals surface area contributed by atoms with Gasteiger partial charge in [0.05, 0.1) is 11.2 Å². The van der Waals surface area contributed by atoms with E-state index in [9.17, 15) is 9.59 Å². The van der Waals surface area contributed by atoms with Gasteiger partial charge in [-0.15, -0.1) is 0 Å². The second-order valence-electron chi connectivity index (χ2n) is 5.30. The normalized spacial score (nSPS) is 11.2. The van der Waals surface area contributed by atoms with Crippen molar-refractivity contribution in [2.75, 3.05) is 5.32 Å². The van der Waals surface area contributed by atoms with Crippen LogP contribution in [0.25, 0.3) is 22.1 Å². The molecule has 0 unspecified atom stereocenters. The molecule has 0 aliphatic carbocycles. The molecule has 0 saturated carbocycles. The molecule has 0 aliphatic heterocycles. The molecule has 2 N–H and O–H groups in total. The van der Waals surface area contributed by atoms with Crippen LogP contribution < -0.4 is 11.1 Å². The molecule has 0 fully saturated rings. The molecule has 2 aromatic heterocycles. The highest BCUT2D eigenvalue weighted by molar-refractivity contribution is 6.07. The fraction of sp³-hybridized carbons (Fsp3) is 0.0588. The lowest BCUT2D eigenvalue weighted by Gasteiger charge is -2.02. The largest absolute Gasteiger partial charge is 0.451 e.